The van der Waals surface area contributed by atoms with Gasteiger partial charge in [0.1, 0.15) is 12.2 Å². The number of Topliss-reactive ketones (excluding diaryl/α,β-unsaturated/α-hetero) is 1. The van der Waals surface area contributed by atoms with E-state index in [1.165, 1.54) is 12.2 Å². The van der Waals surface area contributed by atoms with Gasteiger partial charge in [-0.3, -0.25) is 9.59 Å². The highest BCUT2D eigenvalue weighted by molar-refractivity contribution is 14.1. The van der Waals surface area contributed by atoms with Crippen molar-refractivity contribution in [3.05, 3.63) is 72.4 Å². The Bertz CT molecular complexity index is 794. The summed E-state index contributed by atoms with van der Waals surface area (Å²) in [6, 6.07) is 0.0380. The van der Waals surface area contributed by atoms with Crippen LogP contribution in [0.5, 0.6) is 0 Å². The molecule has 182 valence electrons. The molecule has 1 rings (SSSR count). The fourth-order valence-electron chi connectivity index (χ4n) is 3.19. The number of ketones is 1. The van der Waals surface area contributed by atoms with Crippen molar-refractivity contribution >= 4 is 34.3 Å². The van der Waals surface area contributed by atoms with Crippen LogP contribution in [0.1, 0.15) is 52.9 Å². The van der Waals surface area contributed by atoms with Gasteiger partial charge in [0.2, 0.25) is 5.91 Å². The van der Waals surface area contributed by atoms with Gasteiger partial charge in [0.05, 0.1) is 0 Å². The van der Waals surface area contributed by atoms with Crippen LogP contribution in [0.2, 0.25) is 0 Å². The largest absolute Gasteiger partial charge is 0.386 e. The fraction of sp³-hybridized carbons (Fsp3) is 0.481. The summed E-state index contributed by atoms with van der Waals surface area (Å²) >= 11 is 2.43. The summed E-state index contributed by atoms with van der Waals surface area (Å²) < 4.78 is 0.365. The highest BCUT2D eigenvalue weighted by atomic mass is 127. The van der Waals surface area contributed by atoms with Gasteiger partial charge in [-0.1, -0.05) is 109 Å². The van der Waals surface area contributed by atoms with Gasteiger partial charge in [0.25, 0.3) is 0 Å². The Hall–Kier alpha value is -1.77. The molecule has 0 radical (unpaired) electrons. The van der Waals surface area contributed by atoms with Crippen LogP contribution in [-0.4, -0.2) is 44.1 Å². The number of allylic oxidation sites excluding steroid dienone is 9. The van der Waals surface area contributed by atoms with Gasteiger partial charge in [0, 0.05) is 22.0 Å². The molecule has 0 aromatic heterocycles. The maximum atomic E-state index is 12.4. The minimum Gasteiger partial charge on any atom is -0.386 e. The maximum Gasteiger partial charge on any atom is 0.244 e. The first-order valence-corrected chi connectivity index (χ1v) is 12.8. The quantitative estimate of drug-likeness (QED) is 0.256. The van der Waals surface area contributed by atoms with Crippen molar-refractivity contribution in [3.63, 3.8) is 0 Å². The summed E-state index contributed by atoms with van der Waals surface area (Å²) in [4.78, 5) is 24.8. The first-order chi connectivity index (χ1) is 15.7. The van der Waals surface area contributed by atoms with Crippen LogP contribution in [0, 0.1) is 5.92 Å². The van der Waals surface area contributed by atoms with E-state index in [0.717, 1.165) is 37.7 Å². The second-order valence-corrected chi connectivity index (χ2v) is 10.1. The van der Waals surface area contributed by atoms with E-state index in [1.807, 2.05) is 13.0 Å². The second-order valence-electron chi connectivity index (χ2n) is 8.33. The standard InChI is InChI=1S/C27H38INO4/c1-4-5-6-7-14-23-19-22(28)18-17-20(2)12-8-10-15-24(30)27(33)26(32)21(3)13-9-11-16-25(31)29-23/h6-13,15-17,21-24,27,30,33H,4-5,14,18-19H2,1-3H3,(H,29,31)/b7-6+,12-8+,13-9+,15-10-,16-11+,20-17+. The van der Waals surface area contributed by atoms with Crippen molar-refractivity contribution in [1.82, 2.24) is 5.32 Å². The molecule has 5 atom stereocenters. The van der Waals surface area contributed by atoms with E-state index in [2.05, 4.69) is 53.1 Å². The van der Waals surface area contributed by atoms with Crippen molar-refractivity contribution < 1.29 is 19.8 Å². The SMILES string of the molecule is CCC/C=C/CC1CC(I)C/C=C(C)/C=C/C=C\C(O)C(O)C(=O)C(C)/C=C/C=C/C(=O)N1. The Kier molecular flexibility index (Phi) is 14.9. The van der Waals surface area contributed by atoms with E-state index < -0.39 is 23.9 Å². The number of rotatable bonds is 4. The third-order valence-electron chi connectivity index (χ3n) is 5.23. The fourth-order valence-corrected chi connectivity index (χ4v) is 4.06. The molecule has 3 N–H and O–H groups in total. The minimum atomic E-state index is -1.51. The number of carbonyl (C=O) groups is 2. The highest BCUT2D eigenvalue weighted by Gasteiger charge is 2.25. The Morgan fingerprint density at radius 2 is 1.79 bits per heavy atom. The average Bonchev–Trinajstić information content (AvgIpc) is 2.79. The van der Waals surface area contributed by atoms with Crippen LogP contribution >= 0.6 is 22.6 Å². The Morgan fingerprint density at radius 1 is 1.09 bits per heavy atom. The van der Waals surface area contributed by atoms with Crippen LogP contribution < -0.4 is 5.32 Å². The number of hydrogen-bond donors (Lipinski definition) is 3. The zero-order chi connectivity index (χ0) is 24.6. The number of alkyl halides is 1. The summed E-state index contributed by atoms with van der Waals surface area (Å²) in [5, 5.41) is 23.3. The Balaban J connectivity index is 3.05. The lowest BCUT2D eigenvalue weighted by Gasteiger charge is -2.19. The molecule has 33 heavy (non-hydrogen) atoms. The molecular formula is C27H38INO4. The second kappa shape index (κ2) is 16.8. The van der Waals surface area contributed by atoms with Crippen molar-refractivity contribution in [2.24, 2.45) is 5.92 Å². The lowest BCUT2D eigenvalue weighted by atomic mass is 9.97. The van der Waals surface area contributed by atoms with Gasteiger partial charge in [-0.05, 0) is 32.6 Å². The molecule has 5 nitrogen and oxygen atoms in total. The van der Waals surface area contributed by atoms with E-state index >= 15 is 0 Å². The summed E-state index contributed by atoms with van der Waals surface area (Å²) in [6.45, 7) is 5.79. The van der Waals surface area contributed by atoms with E-state index in [1.54, 1.807) is 37.3 Å². The number of amides is 1. The van der Waals surface area contributed by atoms with Gasteiger partial charge < -0.3 is 15.5 Å². The van der Waals surface area contributed by atoms with Crippen molar-refractivity contribution in [2.75, 3.05) is 0 Å². The molecule has 0 aromatic rings. The van der Waals surface area contributed by atoms with Crippen LogP contribution in [0.4, 0.5) is 0 Å². The molecule has 0 saturated carbocycles. The topological polar surface area (TPSA) is 86.6 Å². The van der Waals surface area contributed by atoms with Crippen molar-refractivity contribution in [2.45, 2.75) is 75.0 Å². The molecule has 0 saturated heterocycles. The number of halogens is 1. The van der Waals surface area contributed by atoms with Gasteiger partial charge in [-0.2, -0.15) is 0 Å². The molecule has 0 aliphatic carbocycles. The monoisotopic (exact) mass is 567 g/mol. The number of nitrogens with one attached hydrogen (secondary N) is 1. The molecule has 1 aliphatic rings. The molecule has 0 aromatic carbocycles. The van der Waals surface area contributed by atoms with Crippen LogP contribution in [-0.2, 0) is 9.59 Å². The molecule has 6 heteroatoms. The average molecular weight is 568 g/mol. The van der Waals surface area contributed by atoms with Gasteiger partial charge in [-0.25, -0.2) is 0 Å². The smallest absolute Gasteiger partial charge is 0.244 e. The van der Waals surface area contributed by atoms with Gasteiger partial charge in [-0.15, -0.1) is 0 Å². The van der Waals surface area contributed by atoms with Gasteiger partial charge in [0.15, 0.2) is 5.78 Å². The first kappa shape index (κ1) is 29.3. The van der Waals surface area contributed by atoms with Crippen LogP contribution in [0.15, 0.2) is 72.4 Å². The Labute approximate surface area is 212 Å². The molecule has 0 bridgehead atoms. The zero-order valence-corrected chi connectivity index (χ0v) is 22.0. The third kappa shape index (κ3) is 12.9. The van der Waals surface area contributed by atoms with Gasteiger partial charge >= 0.3 is 0 Å². The summed E-state index contributed by atoms with van der Waals surface area (Å²) in [7, 11) is 0. The maximum absolute atomic E-state index is 12.4. The predicted molar refractivity (Wildman–Crippen MR) is 144 cm³/mol. The molecule has 0 spiro atoms. The number of hydrogen-bond acceptors (Lipinski definition) is 4. The number of carbonyl (C=O) groups excluding carboxylic acids is 2. The lowest BCUT2D eigenvalue weighted by Crippen LogP contribution is -2.35. The highest BCUT2D eigenvalue weighted by Crippen LogP contribution is 2.18. The molecule has 0 fully saturated rings. The molecular weight excluding hydrogens is 529 g/mol. The zero-order valence-electron chi connectivity index (χ0n) is 19.9. The number of aliphatic hydroxyl groups excluding tert-OH is 2. The molecule has 1 heterocycles. The summed E-state index contributed by atoms with van der Waals surface area (Å²) in [5.74, 6) is -1.26. The number of aliphatic hydroxyl groups is 2. The van der Waals surface area contributed by atoms with Crippen molar-refractivity contribution in [3.8, 4) is 0 Å². The third-order valence-corrected chi connectivity index (χ3v) is 6.24. The molecule has 1 aliphatic heterocycles. The van der Waals surface area contributed by atoms with E-state index in [9.17, 15) is 19.8 Å². The number of unbranched alkanes of at least 4 members (excludes halogenated alkanes) is 1. The van der Waals surface area contributed by atoms with Crippen molar-refractivity contribution in [1.29, 1.82) is 0 Å². The minimum absolute atomic E-state index is 0.0380. The summed E-state index contributed by atoms with van der Waals surface area (Å²) in [5.41, 5.74) is 1.08. The molecule has 5 unspecified atom stereocenters. The molecule has 1 amide bonds. The summed E-state index contributed by atoms with van der Waals surface area (Å²) in [6.07, 6.45) is 21.3. The lowest BCUT2D eigenvalue weighted by molar-refractivity contribution is -0.133. The Morgan fingerprint density at radius 3 is 2.52 bits per heavy atom. The first-order valence-electron chi connectivity index (χ1n) is 11.6. The van der Waals surface area contributed by atoms with E-state index in [0.29, 0.717) is 3.92 Å². The normalized spacial score (nSPS) is 34.1. The van der Waals surface area contributed by atoms with Crippen LogP contribution in [0.25, 0.3) is 0 Å². The predicted octanol–water partition coefficient (Wildman–Crippen LogP) is 4.91. The van der Waals surface area contributed by atoms with E-state index in [4.69, 9.17) is 0 Å². The van der Waals surface area contributed by atoms with Crippen LogP contribution in [0.3, 0.4) is 0 Å². The van der Waals surface area contributed by atoms with E-state index in [-0.39, 0.29) is 11.9 Å².